The fraction of sp³-hybridized carbons (Fsp3) is 0.611. The van der Waals surface area contributed by atoms with Gasteiger partial charge < -0.3 is 10.6 Å². The molecule has 0 atom stereocenters. The molecule has 0 heterocycles. The lowest BCUT2D eigenvalue weighted by Gasteiger charge is -2.23. The van der Waals surface area contributed by atoms with E-state index in [0.717, 1.165) is 38.8 Å². The van der Waals surface area contributed by atoms with Crippen LogP contribution < -0.4 is 5.73 Å². The lowest BCUT2D eigenvalue weighted by molar-refractivity contribution is -0.132. The molecule has 0 radical (unpaired) electrons. The lowest BCUT2D eigenvalue weighted by atomic mass is 10.1. The van der Waals surface area contributed by atoms with Crippen molar-refractivity contribution < 1.29 is 4.79 Å². The minimum Gasteiger partial charge on any atom is -0.335 e. The highest BCUT2D eigenvalue weighted by atomic mass is 16.2. The number of nitrogens with zero attached hydrogens (tertiary/aromatic N) is 1. The van der Waals surface area contributed by atoms with Crippen LogP contribution in [-0.2, 0) is 11.3 Å². The summed E-state index contributed by atoms with van der Waals surface area (Å²) >= 11 is 0. The number of aryl methyl sites for hydroxylation is 1. The second kappa shape index (κ2) is 8.18. The molecule has 1 aromatic carbocycles. The molecule has 1 aliphatic carbocycles. The first-order valence-electron chi connectivity index (χ1n) is 8.26. The molecule has 0 saturated heterocycles. The molecular weight excluding hydrogens is 260 g/mol. The van der Waals surface area contributed by atoms with Crippen LogP contribution >= 0.6 is 0 Å². The number of hydrogen-bond donors (Lipinski definition) is 1. The zero-order chi connectivity index (χ0) is 15.1. The van der Waals surface area contributed by atoms with E-state index in [1.165, 1.54) is 24.0 Å². The largest absolute Gasteiger partial charge is 0.335 e. The molecule has 3 nitrogen and oxygen atoms in total. The Morgan fingerprint density at radius 3 is 2.43 bits per heavy atom. The van der Waals surface area contributed by atoms with Gasteiger partial charge in [0.2, 0.25) is 5.91 Å². The Kier molecular flexibility index (Phi) is 6.24. The first-order valence-corrected chi connectivity index (χ1v) is 8.26. The van der Waals surface area contributed by atoms with Crippen molar-refractivity contribution in [2.45, 2.75) is 64.5 Å². The molecule has 1 amide bonds. The van der Waals surface area contributed by atoms with Gasteiger partial charge in [0.15, 0.2) is 0 Å². The Bertz CT molecular complexity index is 437. The summed E-state index contributed by atoms with van der Waals surface area (Å²) in [6, 6.07) is 9.01. The summed E-state index contributed by atoms with van der Waals surface area (Å²) in [6.45, 7) is 3.62. The number of unbranched alkanes of at least 4 members (excludes halogenated alkanes) is 3. The fourth-order valence-electron chi connectivity index (χ4n) is 2.62. The molecule has 1 saturated carbocycles. The summed E-state index contributed by atoms with van der Waals surface area (Å²) in [5, 5.41) is 0. The van der Waals surface area contributed by atoms with Gasteiger partial charge in [-0.05, 0) is 44.7 Å². The Morgan fingerprint density at radius 1 is 1.14 bits per heavy atom. The van der Waals surface area contributed by atoms with Crippen molar-refractivity contribution in [2.75, 3.05) is 6.54 Å². The van der Waals surface area contributed by atoms with Gasteiger partial charge in [0.25, 0.3) is 0 Å². The number of benzene rings is 1. The Hall–Kier alpha value is -1.35. The molecular formula is C18H28N2O. The second-order valence-corrected chi connectivity index (χ2v) is 6.19. The van der Waals surface area contributed by atoms with Gasteiger partial charge >= 0.3 is 0 Å². The zero-order valence-corrected chi connectivity index (χ0v) is 13.2. The van der Waals surface area contributed by atoms with Gasteiger partial charge in [-0.3, -0.25) is 4.79 Å². The Balaban J connectivity index is 1.81. The minimum absolute atomic E-state index is 0.325. The Morgan fingerprint density at radius 2 is 1.81 bits per heavy atom. The van der Waals surface area contributed by atoms with Gasteiger partial charge in [-0.2, -0.15) is 0 Å². The van der Waals surface area contributed by atoms with Crippen LogP contribution in [0.1, 0.15) is 56.1 Å². The zero-order valence-electron chi connectivity index (χ0n) is 13.2. The molecule has 1 aliphatic rings. The summed E-state index contributed by atoms with van der Waals surface area (Å²) in [5.74, 6) is 0.325. The lowest BCUT2D eigenvalue weighted by Crippen LogP contribution is -2.32. The number of carbonyl (C=O) groups is 1. The quantitative estimate of drug-likeness (QED) is 0.708. The van der Waals surface area contributed by atoms with Crippen molar-refractivity contribution in [3.8, 4) is 0 Å². The van der Waals surface area contributed by atoms with Gasteiger partial charge in [0, 0.05) is 19.0 Å². The van der Waals surface area contributed by atoms with Crippen molar-refractivity contribution in [2.24, 2.45) is 5.73 Å². The number of carbonyl (C=O) groups excluding carboxylic acids is 1. The molecule has 1 aromatic rings. The second-order valence-electron chi connectivity index (χ2n) is 6.19. The molecule has 2 rings (SSSR count). The molecule has 0 bridgehead atoms. The number of hydrogen-bond acceptors (Lipinski definition) is 2. The standard InChI is InChI=1S/C18H28N2O/c1-15-7-9-16(10-8-15)14-20(17-11-12-17)18(21)6-4-2-3-5-13-19/h7-10,17H,2-6,11-14,19H2,1H3. The van der Waals surface area contributed by atoms with E-state index >= 15 is 0 Å². The third-order valence-corrected chi connectivity index (χ3v) is 4.13. The fourth-order valence-corrected chi connectivity index (χ4v) is 2.62. The smallest absolute Gasteiger partial charge is 0.223 e. The van der Waals surface area contributed by atoms with Crippen LogP contribution in [0.3, 0.4) is 0 Å². The van der Waals surface area contributed by atoms with Crippen LogP contribution in [0.15, 0.2) is 24.3 Å². The number of amides is 1. The number of rotatable bonds is 9. The average molecular weight is 288 g/mol. The van der Waals surface area contributed by atoms with Crippen molar-refractivity contribution in [3.63, 3.8) is 0 Å². The summed E-state index contributed by atoms with van der Waals surface area (Å²) < 4.78 is 0. The van der Waals surface area contributed by atoms with Gasteiger partial charge in [-0.25, -0.2) is 0 Å². The van der Waals surface area contributed by atoms with E-state index in [0.29, 0.717) is 18.4 Å². The highest BCUT2D eigenvalue weighted by Crippen LogP contribution is 2.29. The van der Waals surface area contributed by atoms with E-state index in [9.17, 15) is 4.79 Å². The van der Waals surface area contributed by atoms with Crippen LogP contribution in [0.2, 0.25) is 0 Å². The molecule has 1 fully saturated rings. The van der Waals surface area contributed by atoms with Crippen molar-refractivity contribution in [1.29, 1.82) is 0 Å². The predicted octanol–water partition coefficient (Wildman–Crippen LogP) is 3.40. The van der Waals surface area contributed by atoms with Gasteiger partial charge in [0.1, 0.15) is 0 Å². The molecule has 0 aromatic heterocycles. The van der Waals surface area contributed by atoms with Crippen molar-refractivity contribution in [1.82, 2.24) is 4.90 Å². The van der Waals surface area contributed by atoms with E-state index in [1.807, 2.05) is 0 Å². The van der Waals surface area contributed by atoms with Gasteiger partial charge in [0.05, 0.1) is 0 Å². The van der Waals surface area contributed by atoms with E-state index < -0.39 is 0 Å². The van der Waals surface area contributed by atoms with Crippen molar-refractivity contribution in [3.05, 3.63) is 35.4 Å². The van der Waals surface area contributed by atoms with Gasteiger partial charge in [-0.1, -0.05) is 42.7 Å². The monoisotopic (exact) mass is 288 g/mol. The van der Waals surface area contributed by atoms with E-state index in [2.05, 4.69) is 36.1 Å². The highest BCUT2D eigenvalue weighted by Gasteiger charge is 2.31. The summed E-state index contributed by atoms with van der Waals surface area (Å²) in [7, 11) is 0. The number of nitrogens with two attached hydrogens (primary N) is 1. The van der Waals surface area contributed by atoms with Crippen LogP contribution in [0, 0.1) is 6.92 Å². The molecule has 0 unspecified atom stereocenters. The summed E-state index contributed by atoms with van der Waals surface area (Å²) in [5.41, 5.74) is 7.99. The van der Waals surface area contributed by atoms with Gasteiger partial charge in [-0.15, -0.1) is 0 Å². The topological polar surface area (TPSA) is 46.3 Å². The molecule has 2 N–H and O–H groups in total. The first kappa shape index (κ1) is 16.0. The maximum atomic E-state index is 12.4. The van der Waals surface area contributed by atoms with E-state index in [4.69, 9.17) is 5.73 Å². The average Bonchev–Trinajstić information content (AvgIpc) is 3.31. The maximum Gasteiger partial charge on any atom is 0.223 e. The summed E-state index contributed by atoms with van der Waals surface area (Å²) in [4.78, 5) is 14.5. The molecule has 21 heavy (non-hydrogen) atoms. The summed E-state index contributed by atoms with van der Waals surface area (Å²) in [6.07, 6.45) is 7.36. The third-order valence-electron chi connectivity index (χ3n) is 4.13. The molecule has 3 heteroatoms. The Labute approximate surface area is 128 Å². The maximum absolute atomic E-state index is 12.4. The predicted molar refractivity (Wildman–Crippen MR) is 86.9 cm³/mol. The molecule has 0 aliphatic heterocycles. The SMILES string of the molecule is Cc1ccc(CN(C(=O)CCCCCCN)C2CC2)cc1. The van der Waals surface area contributed by atoms with Crippen molar-refractivity contribution >= 4 is 5.91 Å². The van der Waals surface area contributed by atoms with Crippen LogP contribution in [-0.4, -0.2) is 23.4 Å². The first-order chi connectivity index (χ1) is 10.2. The molecule has 0 spiro atoms. The molecule has 116 valence electrons. The van der Waals surface area contributed by atoms with Crippen LogP contribution in [0.4, 0.5) is 0 Å². The van der Waals surface area contributed by atoms with Crippen LogP contribution in [0.5, 0.6) is 0 Å². The minimum atomic E-state index is 0.325. The normalized spacial score (nSPS) is 14.2. The van der Waals surface area contributed by atoms with E-state index in [-0.39, 0.29) is 0 Å². The van der Waals surface area contributed by atoms with Crippen LogP contribution in [0.25, 0.3) is 0 Å². The third kappa shape index (κ3) is 5.50. The van der Waals surface area contributed by atoms with E-state index in [1.54, 1.807) is 0 Å². The highest BCUT2D eigenvalue weighted by molar-refractivity contribution is 5.76.